The van der Waals surface area contributed by atoms with E-state index in [9.17, 15) is 27.2 Å². The maximum Gasteiger partial charge on any atom is 0.416 e. The highest BCUT2D eigenvalue weighted by Crippen LogP contribution is 2.35. The van der Waals surface area contributed by atoms with Crippen molar-refractivity contribution in [2.24, 2.45) is 0 Å². The van der Waals surface area contributed by atoms with Gasteiger partial charge in [0.05, 0.1) is 29.8 Å². The predicted octanol–water partition coefficient (Wildman–Crippen LogP) is 4.06. The third-order valence-electron chi connectivity index (χ3n) is 5.19. The van der Waals surface area contributed by atoms with Crippen LogP contribution < -0.4 is 15.5 Å². The summed E-state index contributed by atoms with van der Waals surface area (Å²) in [6.07, 6.45) is -4.57. The van der Waals surface area contributed by atoms with E-state index in [0.717, 1.165) is 17.8 Å². The molecule has 2 amide bonds. The number of rotatable bonds is 8. The molecule has 0 radical (unpaired) electrons. The van der Waals surface area contributed by atoms with Crippen LogP contribution in [-0.4, -0.2) is 49.1 Å². The number of anilines is 2. The summed E-state index contributed by atoms with van der Waals surface area (Å²) in [6, 6.07) is 9.34. The molecule has 2 aromatic rings. The lowest BCUT2D eigenvalue weighted by Crippen LogP contribution is -2.36. The first-order valence-corrected chi connectivity index (χ1v) is 11.7. The number of ether oxygens (including phenoxy) is 1. The lowest BCUT2D eigenvalue weighted by atomic mass is 10.0. The third kappa shape index (κ3) is 7.36. The average molecular weight is 500 g/mol. The quantitative estimate of drug-likeness (QED) is 0.537. The number of carbonyl (C=O) groups excluding carboxylic acids is 2. The Bertz CT molecular complexity index is 996. The molecule has 1 unspecified atom stereocenters. The number of benzene rings is 2. The molecule has 1 fully saturated rings. The minimum absolute atomic E-state index is 0.0379. The van der Waals surface area contributed by atoms with Crippen molar-refractivity contribution in [1.29, 1.82) is 0 Å². The van der Waals surface area contributed by atoms with Crippen molar-refractivity contribution >= 4 is 35.0 Å². The molecule has 1 aliphatic heterocycles. The largest absolute Gasteiger partial charge is 0.416 e. The molecule has 34 heavy (non-hydrogen) atoms. The Balaban J connectivity index is 1.54. The van der Waals surface area contributed by atoms with Crippen molar-refractivity contribution < 1.29 is 31.9 Å². The molecular weight excluding hydrogens is 474 g/mol. The molecule has 11 heteroatoms. The molecule has 0 saturated carbocycles. The van der Waals surface area contributed by atoms with Crippen LogP contribution in [0.5, 0.6) is 0 Å². The van der Waals surface area contributed by atoms with Crippen molar-refractivity contribution in [2.75, 3.05) is 42.3 Å². The summed E-state index contributed by atoms with van der Waals surface area (Å²) in [5.74, 6) is -1.34. The summed E-state index contributed by atoms with van der Waals surface area (Å²) in [5, 5.41) is 4.44. The van der Waals surface area contributed by atoms with E-state index in [1.165, 1.54) is 30.3 Å². The fraction of sp³-hybridized carbons (Fsp3) is 0.391. The smallest absolute Gasteiger partial charge is 0.378 e. The maximum atomic E-state index is 13.7. The lowest BCUT2D eigenvalue weighted by molar-refractivity contribution is -0.138. The number of nitrogens with one attached hydrogen (secondary N) is 2. The molecule has 0 aromatic heterocycles. The molecule has 1 atom stereocenters. The Kier molecular flexibility index (Phi) is 8.78. The number of amides is 2. The second-order valence-corrected chi connectivity index (χ2v) is 8.99. The zero-order valence-electron chi connectivity index (χ0n) is 18.5. The van der Waals surface area contributed by atoms with E-state index in [1.807, 2.05) is 4.90 Å². The number of alkyl halides is 3. The van der Waals surface area contributed by atoms with Gasteiger partial charge in [-0.05, 0) is 48.9 Å². The van der Waals surface area contributed by atoms with Crippen LogP contribution in [0.2, 0.25) is 0 Å². The zero-order valence-corrected chi connectivity index (χ0v) is 19.3. The monoisotopic (exact) mass is 499 g/mol. The topological polar surface area (TPSA) is 70.7 Å². The van der Waals surface area contributed by atoms with Gasteiger partial charge in [0.25, 0.3) is 0 Å². The Morgan fingerprint density at radius 2 is 1.79 bits per heavy atom. The van der Waals surface area contributed by atoms with E-state index < -0.39 is 28.7 Å². The van der Waals surface area contributed by atoms with Gasteiger partial charge in [-0.2, -0.15) is 13.2 Å². The first-order valence-electron chi connectivity index (χ1n) is 10.6. The van der Waals surface area contributed by atoms with Crippen molar-refractivity contribution in [2.45, 2.75) is 24.9 Å². The Morgan fingerprint density at radius 1 is 1.12 bits per heavy atom. The number of halogens is 4. The Hall–Kier alpha value is -2.79. The Labute approximate surface area is 199 Å². The van der Waals surface area contributed by atoms with Crippen molar-refractivity contribution in [1.82, 2.24) is 5.32 Å². The molecule has 3 rings (SSSR count). The van der Waals surface area contributed by atoms with Crippen LogP contribution in [-0.2, 0) is 27.0 Å². The first kappa shape index (κ1) is 25.8. The molecule has 1 saturated heterocycles. The standard InChI is InChI=1S/C23H25F4N3O3S/c1-15(34-14-21(31)29-18-5-3-17(24)4-6-18)22(32)28-13-16-2-7-19(12-20(16)23(25,26)27)30-8-10-33-11-9-30/h2-7,12,15H,8-11,13-14H2,1H3,(H,28,32)(H,29,31). The maximum absolute atomic E-state index is 13.7. The van der Waals surface area contributed by atoms with Gasteiger partial charge in [0.1, 0.15) is 5.82 Å². The molecule has 6 nitrogen and oxygen atoms in total. The van der Waals surface area contributed by atoms with Crippen LogP contribution in [0.3, 0.4) is 0 Å². The van der Waals surface area contributed by atoms with E-state index >= 15 is 0 Å². The van der Waals surface area contributed by atoms with Gasteiger partial charge < -0.3 is 20.3 Å². The van der Waals surface area contributed by atoms with E-state index in [1.54, 1.807) is 13.0 Å². The molecule has 0 spiro atoms. The molecule has 0 aliphatic carbocycles. The normalized spacial score (nSPS) is 15.0. The number of hydrogen-bond donors (Lipinski definition) is 2. The van der Waals surface area contributed by atoms with Gasteiger partial charge in [0.15, 0.2) is 0 Å². The molecule has 0 bridgehead atoms. The number of morpholine rings is 1. The van der Waals surface area contributed by atoms with E-state index in [-0.39, 0.29) is 23.8 Å². The zero-order chi connectivity index (χ0) is 24.7. The number of nitrogens with zero attached hydrogens (tertiary/aromatic N) is 1. The molecule has 1 heterocycles. The van der Waals surface area contributed by atoms with Gasteiger partial charge in [-0.25, -0.2) is 4.39 Å². The third-order valence-corrected chi connectivity index (χ3v) is 6.33. The predicted molar refractivity (Wildman–Crippen MR) is 123 cm³/mol. The SMILES string of the molecule is CC(SCC(=O)Nc1ccc(F)cc1)C(=O)NCc1ccc(N2CCOCC2)cc1C(F)(F)F. The molecule has 1 aliphatic rings. The summed E-state index contributed by atoms with van der Waals surface area (Å²) >= 11 is 1.04. The highest BCUT2D eigenvalue weighted by atomic mass is 32.2. The van der Waals surface area contributed by atoms with Gasteiger partial charge in [0.2, 0.25) is 11.8 Å². The number of hydrogen-bond acceptors (Lipinski definition) is 5. The van der Waals surface area contributed by atoms with Crippen LogP contribution in [0.4, 0.5) is 28.9 Å². The van der Waals surface area contributed by atoms with Crippen molar-refractivity contribution in [3.63, 3.8) is 0 Å². The summed E-state index contributed by atoms with van der Waals surface area (Å²) in [5.41, 5.74) is 0.0472. The van der Waals surface area contributed by atoms with E-state index in [4.69, 9.17) is 4.74 Å². The van der Waals surface area contributed by atoms with Gasteiger partial charge in [-0.3, -0.25) is 9.59 Å². The number of thioether (sulfide) groups is 1. The van der Waals surface area contributed by atoms with Gasteiger partial charge in [-0.1, -0.05) is 6.07 Å². The number of carbonyl (C=O) groups is 2. The minimum Gasteiger partial charge on any atom is -0.378 e. The fourth-order valence-corrected chi connectivity index (χ4v) is 4.04. The summed E-state index contributed by atoms with van der Waals surface area (Å²) < 4.78 is 59.2. The van der Waals surface area contributed by atoms with Gasteiger partial charge in [0, 0.05) is 31.0 Å². The average Bonchev–Trinajstić information content (AvgIpc) is 2.82. The lowest BCUT2D eigenvalue weighted by Gasteiger charge is -2.29. The highest BCUT2D eigenvalue weighted by Gasteiger charge is 2.34. The molecule has 184 valence electrons. The highest BCUT2D eigenvalue weighted by molar-refractivity contribution is 8.01. The van der Waals surface area contributed by atoms with E-state index in [0.29, 0.717) is 37.7 Å². The Morgan fingerprint density at radius 3 is 2.44 bits per heavy atom. The second-order valence-electron chi connectivity index (χ2n) is 7.66. The van der Waals surface area contributed by atoms with Crippen LogP contribution >= 0.6 is 11.8 Å². The van der Waals surface area contributed by atoms with Crippen molar-refractivity contribution in [3.05, 3.63) is 59.4 Å². The summed E-state index contributed by atoms with van der Waals surface area (Å²) in [6.45, 7) is 3.21. The fourth-order valence-electron chi connectivity index (χ4n) is 3.33. The molecular formula is C23H25F4N3O3S. The van der Waals surface area contributed by atoms with Gasteiger partial charge >= 0.3 is 6.18 Å². The van der Waals surface area contributed by atoms with Crippen LogP contribution in [0.1, 0.15) is 18.1 Å². The molecule has 2 N–H and O–H groups in total. The van der Waals surface area contributed by atoms with Crippen LogP contribution in [0, 0.1) is 5.82 Å². The van der Waals surface area contributed by atoms with Crippen LogP contribution in [0.25, 0.3) is 0 Å². The second kappa shape index (κ2) is 11.6. The van der Waals surface area contributed by atoms with E-state index in [2.05, 4.69) is 10.6 Å². The van der Waals surface area contributed by atoms with Gasteiger partial charge in [-0.15, -0.1) is 11.8 Å². The minimum atomic E-state index is -4.57. The first-order chi connectivity index (χ1) is 16.1. The molecule has 2 aromatic carbocycles. The van der Waals surface area contributed by atoms with Crippen LogP contribution in [0.15, 0.2) is 42.5 Å². The summed E-state index contributed by atoms with van der Waals surface area (Å²) in [4.78, 5) is 26.2. The van der Waals surface area contributed by atoms with Crippen molar-refractivity contribution in [3.8, 4) is 0 Å². The summed E-state index contributed by atoms with van der Waals surface area (Å²) in [7, 11) is 0.